The van der Waals surface area contributed by atoms with Crippen LogP contribution in [0, 0.1) is 5.82 Å². The monoisotopic (exact) mass is 399 g/mol. The maximum Gasteiger partial charge on any atom is 0.257 e. The lowest BCUT2D eigenvalue weighted by Crippen LogP contribution is -2.36. The van der Waals surface area contributed by atoms with Gasteiger partial charge < -0.3 is 15.2 Å². The molecule has 2 aromatic rings. The minimum Gasteiger partial charge on any atom is -0.355 e. The van der Waals surface area contributed by atoms with E-state index in [1.807, 2.05) is 4.57 Å². The minimum absolute atomic E-state index is 0.0415. The summed E-state index contributed by atoms with van der Waals surface area (Å²) in [6.07, 6.45) is 8.33. The van der Waals surface area contributed by atoms with E-state index in [9.17, 15) is 18.8 Å². The molecule has 7 heteroatoms. The van der Waals surface area contributed by atoms with Gasteiger partial charge in [-0.05, 0) is 37.5 Å². The lowest BCUT2D eigenvalue weighted by Gasteiger charge is -2.25. The smallest absolute Gasteiger partial charge is 0.257 e. The molecule has 2 N–H and O–H groups in total. The molecule has 1 aliphatic carbocycles. The average molecular weight is 399 g/mol. The Labute approximate surface area is 169 Å². The van der Waals surface area contributed by atoms with Gasteiger partial charge in [-0.2, -0.15) is 0 Å². The van der Waals surface area contributed by atoms with Gasteiger partial charge in [-0.25, -0.2) is 4.39 Å². The second-order valence-corrected chi connectivity index (χ2v) is 7.48. The average Bonchev–Trinajstić information content (AvgIpc) is 2.74. The van der Waals surface area contributed by atoms with E-state index in [1.165, 1.54) is 25.6 Å². The summed E-state index contributed by atoms with van der Waals surface area (Å²) in [4.78, 5) is 37.9. The predicted octanol–water partition coefficient (Wildman–Crippen LogP) is 3.34. The van der Waals surface area contributed by atoms with Gasteiger partial charge in [0.25, 0.3) is 11.8 Å². The Balaban J connectivity index is 1.93. The third-order valence-electron chi connectivity index (χ3n) is 5.48. The molecule has 0 radical (unpaired) electrons. The number of carbonyl (C=O) groups is 2. The molecule has 154 valence electrons. The quantitative estimate of drug-likeness (QED) is 0.809. The van der Waals surface area contributed by atoms with Gasteiger partial charge in [-0.1, -0.05) is 31.4 Å². The third kappa shape index (κ3) is 4.72. The van der Waals surface area contributed by atoms with E-state index >= 15 is 0 Å². The van der Waals surface area contributed by atoms with Crippen molar-refractivity contribution in [1.29, 1.82) is 0 Å². The van der Waals surface area contributed by atoms with Crippen LogP contribution >= 0.6 is 0 Å². The van der Waals surface area contributed by atoms with Crippen LogP contribution in [0.3, 0.4) is 0 Å². The maximum absolute atomic E-state index is 13.1. The van der Waals surface area contributed by atoms with E-state index in [2.05, 4.69) is 10.6 Å². The Kier molecular flexibility index (Phi) is 6.46. The van der Waals surface area contributed by atoms with Crippen molar-refractivity contribution < 1.29 is 14.0 Å². The summed E-state index contributed by atoms with van der Waals surface area (Å²) in [5, 5.41) is 5.25. The molecule has 0 spiro atoms. The molecule has 0 unspecified atom stereocenters. The van der Waals surface area contributed by atoms with Gasteiger partial charge in [0.05, 0.1) is 6.04 Å². The van der Waals surface area contributed by atoms with Crippen LogP contribution in [0.4, 0.5) is 4.39 Å². The first-order chi connectivity index (χ1) is 13.9. The zero-order valence-electron chi connectivity index (χ0n) is 16.7. The highest BCUT2D eigenvalue weighted by Crippen LogP contribution is 2.28. The largest absolute Gasteiger partial charge is 0.355 e. The van der Waals surface area contributed by atoms with Crippen LogP contribution in [0.15, 0.2) is 41.5 Å². The Bertz CT molecular complexity index is 947. The number of pyridine rings is 1. The Morgan fingerprint density at radius 2 is 1.62 bits per heavy atom. The Morgan fingerprint density at radius 3 is 2.21 bits per heavy atom. The first-order valence-electron chi connectivity index (χ1n) is 9.95. The lowest BCUT2D eigenvalue weighted by molar-refractivity contribution is 0.0937. The number of hydrogen-bond donors (Lipinski definition) is 2. The molecular weight excluding hydrogens is 373 g/mol. The predicted molar refractivity (Wildman–Crippen MR) is 108 cm³/mol. The molecular formula is C22H26FN3O3. The molecule has 0 aliphatic heterocycles. The SMILES string of the molecule is CNC(=O)c1cn(C2CCCCC2)cc(C(=O)N[C@H](C)c2ccc(F)cc2)c1=O. The fourth-order valence-corrected chi connectivity index (χ4v) is 3.76. The Morgan fingerprint density at radius 1 is 1.03 bits per heavy atom. The van der Waals surface area contributed by atoms with Crippen molar-refractivity contribution in [3.8, 4) is 0 Å². The van der Waals surface area contributed by atoms with Crippen LogP contribution < -0.4 is 16.1 Å². The molecule has 6 nitrogen and oxygen atoms in total. The number of amides is 2. The van der Waals surface area contributed by atoms with Crippen molar-refractivity contribution in [2.45, 2.75) is 51.1 Å². The van der Waals surface area contributed by atoms with Gasteiger partial charge >= 0.3 is 0 Å². The number of benzene rings is 1. The second kappa shape index (κ2) is 9.03. The summed E-state index contributed by atoms with van der Waals surface area (Å²) < 4.78 is 15.0. The van der Waals surface area contributed by atoms with Gasteiger partial charge in [0.1, 0.15) is 16.9 Å². The van der Waals surface area contributed by atoms with Gasteiger partial charge in [0.15, 0.2) is 0 Å². The summed E-state index contributed by atoms with van der Waals surface area (Å²) >= 11 is 0. The van der Waals surface area contributed by atoms with Crippen LogP contribution in [0.1, 0.15) is 77.4 Å². The number of nitrogens with one attached hydrogen (secondary N) is 2. The first-order valence-corrected chi connectivity index (χ1v) is 9.95. The van der Waals surface area contributed by atoms with Crippen molar-refractivity contribution >= 4 is 11.8 Å². The summed E-state index contributed by atoms with van der Waals surface area (Å²) in [5.74, 6) is -1.43. The van der Waals surface area contributed by atoms with E-state index in [0.29, 0.717) is 0 Å². The molecule has 1 saturated carbocycles. The Hall–Kier alpha value is -2.96. The fraction of sp³-hybridized carbons (Fsp3) is 0.409. The molecule has 0 saturated heterocycles. The third-order valence-corrected chi connectivity index (χ3v) is 5.48. The number of nitrogens with zero attached hydrogens (tertiary/aromatic N) is 1. The molecule has 1 aromatic heterocycles. The van der Waals surface area contributed by atoms with Crippen molar-refractivity contribution in [1.82, 2.24) is 15.2 Å². The number of halogens is 1. The van der Waals surface area contributed by atoms with Crippen molar-refractivity contribution in [3.63, 3.8) is 0 Å². The van der Waals surface area contributed by atoms with Crippen LogP contribution in [0.5, 0.6) is 0 Å². The minimum atomic E-state index is -0.597. The van der Waals surface area contributed by atoms with E-state index < -0.39 is 23.3 Å². The van der Waals surface area contributed by atoms with Gasteiger partial charge in [0.2, 0.25) is 5.43 Å². The molecule has 29 heavy (non-hydrogen) atoms. The van der Waals surface area contributed by atoms with Crippen LogP contribution in [0.2, 0.25) is 0 Å². The van der Waals surface area contributed by atoms with Crippen LogP contribution in [-0.4, -0.2) is 23.4 Å². The van der Waals surface area contributed by atoms with Crippen LogP contribution in [-0.2, 0) is 0 Å². The normalized spacial score (nSPS) is 15.6. The number of carbonyl (C=O) groups excluding carboxylic acids is 2. The topological polar surface area (TPSA) is 80.2 Å². The summed E-state index contributed by atoms with van der Waals surface area (Å²) in [7, 11) is 1.45. The summed E-state index contributed by atoms with van der Waals surface area (Å²) in [5.41, 5.74) is 0.0146. The number of rotatable bonds is 5. The lowest BCUT2D eigenvalue weighted by atomic mass is 9.95. The molecule has 2 amide bonds. The standard InChI is InChI=1S/C22H26FN3O3/c1-14(15-8-10-16(23)11-9-15)25-22(29)19-13-26(17-6-4-3-5-7-17)12-18(20(19)27)21(28)24-2/h8-14,17H,3-7H2,1-2H3,(H,24,28)(H,25,29)/t14-/m1/s1. The fourth-order valence-electron chi connectivity index (χ4n) is 3.76. The molecule has 3 rings (SSSR count). The van der Waals surface area contributed by atoms with Gasteiger partial charge in [-0.15, -0.1) is 0 Å². The highest BCUT2D eigenvalue weighted by Gasteiger charge is 2.23. The van der Waals surface area contributed by atoms with E-state index in [-0.39, 0.29) is 23.0 Å². The molecule has 1 atom stereocenters. The number of aromatic nitrogens is 1. The van der Waals surface area contributed by atoms with E-state index in [1.54, 1.807) is 31.5 Å². The van der Waals surface area contributed by atoms with Crippen molar-refractivity contribution in [2.75, 3.05) is 7.05 Å². The maximum atomic E-state index is 13.1. The zero-order valence-corrected chi connectivity index (χ0v) is 16.7. The summed E-state index contributed by atoms with van der Waals surface area (Å²) in [6.45, 7) is 1.76. The molecule has 1 aromatic carbocycles. The van der Waals surface area contributed by atoms with E-state index in [0.717, 1.165) is 31.2 Å². The van der Waals surface area contributed by atoms with Crippen LogP contribution in [0.25, 0.3) is 0 Å². The summed E-state index contributed by atoms with van der Waals surface area (Å²) in [6, 6.07) is 5.55. The second-order valence-electron chi connectivity index (χ2n) is 7.48. The van der Waals surface area contributed by atoms with Crippen molar-refractivity contribution in [2.24, 2.45) is 0 Å². The van der Waals surface area contributed by atoms with Gasteiger partial charge in [0, 0.05) is 25.5 Å². The molecule has 0 bridgehead atoms. The zero-order chi connectivity index (χ0) is 21.0. The molecule has 1 fully saturated rings. The molecule has 1 heterocycles. The molecule has 1 aliphatic rings. The number of hydrogen-bond acceptors (Lipinski definition) is 3. The first kappa shape index (κ1) is 20.8. The van der Waals surface area contributed by atoms with Gasteiger partial charge in [-0.3, -0.25) is 14.4 Å². The van der Waals surface area contributed by atoms with E-state index in [4.69, 9.17) is 0 Å². The highest BCUT2D eigenvalue weighted by molar-refractivity contribution is 5.99. The highest BCUT2D eigenvalue weighted by atomic mass is 19.1. The van der Waals surface area contributed by atoms with Crippen molar-refractivity contribution in [3.05, 3.63) is 69.4 Å².